The number of ketones is 1. The molecule has 21 heavy (non-hydrogen) atoms. The van der Waals surface area contributed by atoms with Gasteiger partial charge < -0.3 is 9.47 Å². The zero-order chi connectivity index (χ0) is 15.2. The smallest absolute Gasteiger partial charge is 0.157 e. The first-order chi connectivity index (χ1) is 10.2. The Morgan fingerprint density at radius 2 is 2.05 bits per heavy atom. The first kappa shape index (κ1) is 16.1. The second kappa shape index (κ2) is 7.66. The number of rotatable bonds is 6. The summed E-state index contributed by atoms with van der Waals surface area (Å²) in [6.45, 7) is 2.47. The Balaban J connectivity index is 2.16. The quantitative estimate of drug-likeness (QED) is 0.751. The average molecular weight is 294 g/mol. The largest absolute Gasteiger partial charge is 0.356 e. The van der Waals surface area contributed by atoms with Crippen LogP contribution in [0.2, 0.25) is 0 Å². The summed E-state index contributed by atoms with van der Waals surface area (Å²) >= 11 is 0. The Bertz CT molecular complexity index is 458. The highest BCUT2D eigenvalue weighted by atomic mass is 19.1. The third kappa shape index (κ3) is 4.11. The Hall–Kier alpha value is -1.26. The summed E-state index contributed by atoms with van der Waals surface area (Å²) in [7, 11) is 1.60. The zero-order valence-corrected chi connectivity index (χ0v) is 12.7. The maximum atomic E-state index is 13.1. The van der Waals surface area contributed by atoms with E-state index in [1.807, 2.05) is 6.92 Å². The first-order valence-corrected chi connectivity index (χ1v) is 7.58. The molecule has 0 aromatic heterocycles. The van der Waals surface area contributed by atoms with Crippen molar-refractivity contribution in [3.05, 3.63) is 35.6 Å². The van der Waals surface area contributed by atoms with Gasteiger partial charge in [0.05, 0.1) is 0 Å². The van der Waals surface area contributed by atoms with Crippen molar-refractivity contribution in [1.82, 2.24) is 0 Å². The summed E-state index contributed by atoms with van der Waals surface area (Å²) in [6.07, 6.45) is 2.66. The van der Waals surface area contributed by atoms with Crippen molar-refractivity contribution < 1.29 is 18.7 Å². The molecule has 4 heteroatoms. The molecule has 2 rings (SSSR count). The van der Waals surface area contributed by atoms with E-state index in [1.54, 1.807) is 19.2 Å². The summed E-state index contributed by atoms with van der Waals surface area (Å²) < 4.78 is 23.9. The van der Waals surface area contributed by atoms with Crippen LogP contribution in [-0.2, 0) is 14.3 Å². The second-order valence-electron chi connectivity index (χ2n) is 5.48. The molecule has 3 nitrogen and oxygen atoms in total. The molecule has 0 heterocycles. The molecule has 1 aliphatic carbocycles. The van der Waals surface area contributed by atoms with Gasteiger partial charge in [0.1, 0.15) is 11.6 Å². The number of carbonyl (C=O) groups excluding carboxylic acids is 1. The topological polar surface area (TPSA) is 35.5 Å². The Morgan fingerprint density at radius 3 is 2.67 bits per heavy atom. The highest BCUT2D eigenvalue weighted by Gasteiger charge is 2.34. The number of Topliss-reactive ketones (excluding diaryl/α,β-unsaturated/α-hetero) is 1. The third-order valence-corrected chi connectivity index (χ3v) is 4.20. The number of methoxy groups -OCH3 is 1. The molecular weight excluding hydrogens is 271 g/mol. The molecule has 0 N–H and O–H groups in total. The fraction of sp³-hybridized carbons (Fsp3) is 0.588. The van der Waals surface area contributed by atoms with Gasteiger partial charge in [-0.05, 0) is 43.4 Å². The van der Waals surface area contributed by atoms with Gasteiger partial charge in [0.25, 0.3) is 0 Å². The molecule has 1 aliphatic rings. The molecule has 0 spiro atoms. The Labute approximate surface area is 125 Å². The minimum atomic E-state index is -0.356. The minimum Gasteiger partial charge on any atom is -0.356 e. The van der Waals surface area contributed by atoms with E-state index in [-0.39, 0.29) is 29.7 Å². The fourth-order valence-corrected chi connectivity index (χ4v) is 3.14. The van der Waals surface area contributed by atoms with E-state index in [0.29, 0.717) is 19.4 Å². The summed E-state index contributed by atoms with van der Waals surface area (Å²) in [5.74, 6) is 0.0320. The van der Waals surface area contributed by atoms with Gasteiger partial charge >= 0.3 is 0 Å². The van der Waals surface area contributed by atoms with Crippen molar-refractivity contribution >= 4 is 5.78 Å². The van der Waals surface area contributed by atoms with Crippen LogP contribution in [0.4, 0.5) is 4.39 Å². The molecule has 1 aromatic rings. The number of carbonyl (C=O) groups is 1. The first-order valence-electron chi connectivity index (χ1n) is 7.58. The molecular formula is C17H23FO3. The highest BCUT2D eigenvalue weighted by Crippen LogP contribution is 2.38. The number of ether oxygens (including phenoxy) is 2. The van der Waals surface area contributed by atoms with Crippen LogP contribution in [0.5, 0.6) is 0 Å². The number of hydrogen-bond acceptors (Lipinski definition) is 3. The zero-order valence-electron chi connectivity index (χ0n) is 12.7. The van der Waals surface area contributed by atoms with Crippen molar-refractivity contribution in [2.45, 2.75) is 44.8 Å². The van der Waals surface area contributed by atoms with E-state index in [9.17, 15) is 9.18 Å². The summed E-state index contributed by atoms with van der Waals surface area (Å²) in [5, 5.41) is 0. The highest BCUT2D eigenvalue weighted by molar-refractivity contribution is 5.82. The van der Waals surface area contributed by atoms with E-state index in [2.05, 4.69) is 0 Å². The molecule has 1 saturated carbocycles. The van der Waals surface area contributed by atoms with Crippen molar-refractivity contribution in [3.8, 4) is 0 Å². The van der Waals surface area contributed by atoms with Crippen LogP contribution in [0, 0.1) is 11.7 Å². The van der Waals surface area contributed by atoms with Crippen LogP contribution in [0.1, 0.15) is 44.1 Å². The standard InChI is InChI=1S/C17H23FO3/c1-3-21-17(20-2)11-15-14(5-4-6-16(15)19)12-7-9-13(18)10-8-12/h7-10,14-15,17H,3-6,11H2,1-2H3. The predicted octanol–water partition coefficient (Wildman–Crippen LogP) is 3.68. The lowest BCUT2D eigenvalue weighted by Gasteiger charge is -2.32. The van der Waals surface area contributed by atoms with E-state index in [0.717, 1.165) is 18.4 Å². The van der Waals surface area contributed by atoms with Gasteiger partial charge in [-0.3, -0.25) is 4.79 Å². The van der Waals surface area contributed by atoms with Crippen molar-refractivity contribution in [2.75, 3.05) is 13.7 Å². The van der Waals surface area contributed by atoms with Gasteiger partial charge in [-0.2, -0.15) is 0 Å². The minimum absolute atomic E-state index is 0.110. The maximum absolute atomic E-state index is 13.1. The van der Waals surface area contributed by atoms with Gasteiger partial charge in [0, 0.05) is 32.5 Å². The Kier molecular flexibility index (Phi) is 5.88. The van der Waals surface area contributed by atoms with E-state index >= 15 is 0 Å². The molecule has 116 valence electrons. The summed E-state index contributed by atoms with van der Waals surface area (Å²) in [5.41, 5.74) is 1.03. The lowest BCUT2D eigenvalue weighted by atomic mass is 9.73. The molecule has 3 unspecified atom stereocenters. The van der Waals surface area contributed by atoms with Gasteiger partial charge in [-0.1, -0.05) is 12.1 Å². The van der Waals surface area contributed by atoms with E-state index in [1.165, 1.54) is 12.1 Å². The molecule has 1 fully saturated rings. The second-order valence-corrected chi connectivity index (χ2v) is 5.48. The average Bonchev–Trinajstić information content (AvgIpc) is 2.49. The lowest BCUT2D eigenvalue weighted by molar-refractivity contribution is -0.145. The molecule has 0 aliphatic heterocycles. The van der Waals surface area contributed by atoms with Crippen molar-refractivity contribution in [1.29, 1.82) is 0 Å². The molecule has 0 saturated heterocycles. The molecule has 1 aromatic carbocycles. The number of benzene rings is 1. The summed E-state index contributed by atoms with van der Waals surface area (Å²) in [4.78, 5) is 12.3. The SMILES string of the molecule is CCOC(CC1C(=O)CCCC1c1ccc(F)cc1)OC. The van der Waals surface area contributed by atoms with Gasteiger partial charge in [0.15, 0.2) is 6.29 Å². The van der Waals surface area contributed by atoms with Crippen molar-refractivity contribution in [3.63, 3.8) is 0 Å². The maximum Gasteiger partial charge on any atom is 0.157 e. The molecule has 3 atom stereocenters. The van der Waals surface area contributed by atoms with Crippen LogP contribution in [0.3, 0.4) is 0 Å². The monoisotopic (exact) mass is 294 g/mol. The van der Waals surface area contributed by atoms with Crippen LogP contribution in [-0.4, -0.2) is 25.8 Å². The van der Waals surface area contributed by atoms with Crippen LogP contribution in [0.25, 0.3) is 0 Å². The molecule has 0 radical (unpaired) electrons. The molecule has 0 amide bonds. The number of hydrogen-bond donors (Lipinski definition) is 0. The van der Waals surface area contributed by atoms with Crippen LogP contribution >= 0.6 is 0 Å². The fourth-order valence-electron chi connectivity index (χ4n) is 3.14. The van der Waals surface area contributed by atoms with E-state index in [4.69, 9.17) is 9.47 Å². The Morgan fingerprint density at radius 1 is 1.33 bits per heavy atom. The van der Waals surface area contributed by atoms with Crippen LogP contribution < -0.4 is 0 Å². The predicted molar refractivity (Wildman–Crippen MR) is 78.5 cm³/mol. The van der Waals surface area contributed by atoms with E-state index < -0.39 is 0 Å². The van der Waals surface area contributed by atoms with Crippen molar-refractivity contribution in [2.24, 2.45) is 5.92 Å². The van der Waals surface area contributed by atoms with Gasteiger partial charge in [0.2, 0.25) is 0 Å². The molecule has 0 bridgehead atoms. The lowest BCUT2D eigenvalue weighted by Crippen LogP contribution is -2.32. The normalized spacial score (nSPS) is 24.0. The van der Waals surface area contributed by atoms with Gasteiger partial charge in [-0.25, -0.2) is 4.39 Å². The third-order valence-electron chi connectivity index (χ3n) is 4.20. The number of halogens is 1. The summed E-state index contributed by atoms with van der Waals surface area (Å²) in [6, 6.07) is 6.49. The van der Waals surface area contributed by atoms with Gasteiger partial charge in [-0.15, -0.1) is 0 Å². The van der Waals surface area contributed by atoms with Crippen LogP contribution in [0.15, 0.2) is 24.3 Å².